The summed E-state index contributed by atoms with van der Waals surface area (Å²) < 4.78 is 10.3. The van der Waals surface area contributed by atoms with Gasteiger partial charge in [0, 0.05) is 24.5 Å². The molecule has 1 aliphatic heterocycles. The number of hydrogen-bond donors (Lipinski definition) is 2. The molecule has 1 saturated heterocycles. The highest BCUT2D eigenvalue weighted by Gasteiger charge is 2.13. The average Bonchev–Trinajstić information content (AvgIpc) is 2.69. The van der Waals surface area contributed by atoms with E-state index in [1.165, 1.54) is 6.07 Å². The normalized spacial score (nSPS) is 13.9. The average molecular weight is 370 g/mol. The lowest BCUT2D eigenvalue weighted by Gasteiger charge is -2.28. The van der Waals surface area contributed by atoms with E-state index in [1.807, 2.05) is 24.3 Å². The van der Waals surface area contributed by atoms with Gasteiger partial charge in [-0.2, -0.15) is 0 Å². The Bertz CT molecular complexity index is 814. The number of aryl methyl sites for hydroxylation is 1. The molecule has 0 aromatic heterocycles. The van der Waals surface area contributed by atoms with Crippen molar-refractivity contribution in [2.45, 2.75) is 6.92 Å². The minimum absolute atomic E-state index is 0.00857. The van der Waals surface area contributed by atoms with Crippen LogP contribution >= 0.6 is 0 Å². The molecular formula is C20H22N2O5. The van der Waals surface area contributed by atoms with Crippen molar-refractivity contribution in [1.29, 1.82) is 0 Å². The molecule has 27 heavy (non-hydrogen) atoms. The third-order valence-electron chi connectivity index (χ3n) is 4.31. The Morgan fingerprint density at radius 1 is 1.15 bits per heavy atom. The van der Waals surface area contributed by atoms with Crippen molar-refractivity contribution in [3.63, 3.8) is 0 Å². The van der Waals surface area contributed by atoms with Gasteiger partial charge >= 0.3 is 5.97 Å². The first-order valence-corrected chi connectivity index (χ1v) is 8.72. The molecule has 7 nitrogen and oxygen atoms in total. The molecule has 2 aromatic carbocycles. The lowest BCUT2D eigenvalue weighted by Crippen LogP contribution is -2.36. The summed E-state index contributed by atoms with van der Waals surface area (Å²) in [6.45, 7) is 4.43. The summed E-state index contributed by atoms with van der Waals surface area (Å²) in [4.78, 5) is 26.2. The standard InChI is InChI=1S/C20H22N2O5/c1-14-2-3-15(12-18(14)23)20(25)27-13-19(24)21-16-4-6-17(7-5-16)22-8-10-26-11-9-22/h2-7,12,23H,8-11,13H2,1H3,(H,21,24). The Morgan fingerprint density at radius 2 is 1.85 bits per heavy atom. The molecule has 1 heterocycles. The highest BCUT2D eigenvalue weighted by Crippen LogP contribution is 2.20. The number of aromatic hydroxyl groups is 1. The highest BCUT2D eigenvalue weighted by molar-refractivity contribution is 5.95. The van der Waals surface area contributed by atoms with E-state index in [4.69, 9.17) is 9.47 Å². The Labute approximate surface area is 157 Å². The lowest BCUT2D eigenvalue weighted by molar-refractivity contribution is -0.119. The molecule has 7 heteroatoms. The number of amides is 1. The van der Waals surface area contributed by atoms with Crippen LogP contribution in [0.5, 0.6) is 5.75 Å². The number of morpholine rings is 1. The van der Waals surface area contributed by atoms with Crippen LogP contribution in [0.4, 0.5) is 11.4 Å². The molecule has 1 amide bonds. The van der Waals surface area contributed by atoms with E-state index < -0.39 is 18.5 Å². The van der Waals surface area contributed by atoms with E-state index >= 15 is 0 Å². The molecule has 0 unspecified atom stereocenters. The molecule has 0 bridgehead atoms. The molecule has 2 aromatic rings. The van der Waals surface area contributed by atoms with Gasteiger partial charge in [-0.25, -0.2) is 4.79 Å². The minimum Gasteiger partial charge on any atom is -0.508 e. The number of carbonyl (C=O) groups is 2. The summed E-state index contributed by atoms with van der Waals surface area (Å²) in [6.07, 6.45) is 0. The number of nitrogens with zero attached hydrogens (tertiary/aromatic N) is 1. The predicted octanol–water partition coefficient (Wildman–Crippen LogP) is 2.33. The SMILES string of the molecule is Cc1ccc(C(=O)OCC(=O)Nc2ccc(N3CCOCC3)cc2)cc1O. The molecule has 0 atom stereocenters. The second-order valence-corrected chi connectivity index (χ2v) is 6.27. The van der Waals surface area contributed by atoms with Crippen molar-refractivity contribution in [2.24, 2.45) is 0 Å². The molecule has 3 rings (SSSR count). The molecular weight excluding hydrogens is 348 g/mol. The Balaban J connectivity index is 1.50. The number of rotatable bonds is 5. The van der Waals surface area contributed by atoms with Crippen LogP contribution in [0.25, 0.3) is 0 Å². The third kappa shape index (κ3) is 4.98. The monoisotopic (exact) mass is 370 g/mol. The van der Waals surface area contributed by atoms with Crippen LogP contribution in [-0.2, 0) is 14.3 Å². The smallest absolute Gasteiger partial charge is 0.338 e. The Morgan fingerprint density at radius 3 is 2.52 bits per heavy atom. The van der Waals surface area contributed by atoms with Crippen LogP contribution in [0, 0.1) is 6.92 Å². The number of esters is 1. The first kappa shape index (κ1) is 18.7. The van der Waals surface area contributed by atoms with Gasteiger partial charge in [0.25, 0.3) is 5.91 Å². The van der Waals surface area contributed by atoms with Gasteiger partial charge in [0.15, 0.2) is 6.61 Å². The van der Waals surface area contributed by atoms with Gasteiger partial charge in [-0.1, -0.05) is 6.07 Å². The van der Waals surface area contributed by atoms with Crippen LogP contribution in [0.2, 0.25) is 0 Å². The lowest BCUT2D eigenvalue weighted by atomic mass is 10.1. The van der Waals surface area contributed by atoms with Gasteiger partial charge in [0.2, 0.25) is 0 Å². The number of phenols is 1. The van der Waals surface area contributed by atoms with Crippen LogP contribution in [-0.4, -0.2) is 49.9 Å². The quantitative estimate of drug-likeness (QED) is 0.786. The third-order valence-corrected chi connectivity index (χ3v) is 4.31. The summed E-state index contributed by atoms with van der Waals surface area (Å²) in [5.41, 5.74) is 2.55. The number of anilines is 2. The molecule has 1 fully saturated rings. The zero-order valence-corrected chi connectivity index (χ0v) is 15.1. The first-order chi connectivity index (χ1) is 13.0. The molecule has 0 spiro atoms. The van der Waals surface area contributed by atoms with E-state index in [0.29, 0.717) is 24.5 Å². The number of carbonyl (C=O) groups excluding carboxylic acids is 2. The fourth-order valence-corrected chi connectivity index (χ4v) is 2.73. The molecule has 0 saturated carbocycles. The fourth-order valence-electron chi connectivity index (χ4n) is 2.73. The summed E-state index contributed by atoms with van der Waals surface area (Å²) in [5, 5.41) is 12.3. The molecule has 2 N–H and O–H groups in total. The van der Waals surface area contributed by atoms with Gasteiger partial charge in [0.05, 0.1) is 18.8 Å². The van der Waals surface area contributed by atoms with Gasteiger partial charge in [-0.15, -0.1) is 0 Å². The second-order valence-electron chi connectivity index (χ2n) is 6.27. The highest BCUT2D eigenvalue weighted by atomic mass is 16.5. The van der Waals surface area contributed by atoms with Crippen molar-refractivity contribution < 1.29 is 24.2 Å². The first-order valence-electron chi connectivity index (χ1n) is 8.72. The Kier molecular flexibility index (Phi) is 5.93. The summed E-state index contributed by atoms with van der Waals surface area (Å²) in [6, 6.07) is 12.0. The van der Waals surface area contributed by atoms with Crippen molar-refractivity contribution in [2.75, 3.05) is 43.1 Å². The number of hydrogen-bond acceptors (Lipinski definition) is 6. The van der Waals surface area contributed by atoms with Crippen LogP contribution in [0.3, 0.4) is 0 Å². The van der Waals surface area contributed by atoms with E-state index in [9.17, 15) is 14.7 Å². The summed E-state index contributed by atoms with van der Waals surface area (Å²) in [5.74, 6) is -1.09. The van der Waals surface area contributed by atoms with Crippen molar-refractivity contribution in [3.05, 3.63) is 53.6 Å². The van der Waals surface area contributed by atoms with Crippen LogP contribution < -0.4 is 10.2 Å². The van der Waals surface area contributed by atoms with Gasteiger partial charge < -0.3 is 24.8 Å². The van der Waals surface area contributed by atoms with E-state index in [-0.39, 0.29) is 11.3 Å². The van der Waals surface area contributed by atoms with Gasteiger partial charge in [-0.3, -0.25) is 4.79 Å². The zero-order chi connectivity index (χ0) is 19.2. The van der Waals surface area contributed by atoms with E-state index in [2.05, 4.69) is 10.2 Å². The summed E-state index contributed by atoms with van der Waals surface area (Å²) >= 11 is 0. The maximum absolute atomic E-state index is 12.0. The van der Waals surface area contributed by atoms with Gasteiger partial charge in [-0.05, 0) is 48.9 Å². The Hall–Kier alpha value is -3.06. The predicted molar refractivity (Wildman–Crippen MR) is 101 cm³/mol. The van der Waals surface area contributed by atoms with Crippen LogP contribution in [0.1, 0.15) is 15.9 Å². The largest absolute Gasteiger partial charge is 0.508 e. The topological polar surface area (TPSA) is 88.1 Å². The number of benzene rings is 2. The maximum atomic E-state index is 12.0. The van der Waals surface area contributed by atoms with E-state index in [0.717, 1.165) is 18.8 Å². The minimum atomic E-state index is -0.664. The van der Waals surface area contributed by atoms with Crippen LogP contribution in [0.15, 0.2) is 42.5 Å². The number of nitrogens with one attached hydrogen (secondary N) is 1. The second kappa shape index (κ2) is 8.55. The zero-order valence-electron chi connectivity index (χ0n) is 15.1. The number of ether oxygens (including phenoxy) is 2. The molecule has 0 radical (unpaired) electrons. The molecule has 142 valence electrons. The van der Waals surface area contributed by atoms with Gasteiger partial charge in [0.1, 0.15) is 5.75 Å². The van der Waals surface area contributed by atoms with Crippen molar-refractivity contribution >= 4 is 23.3 Å². The van der Waals surface area contributed by atoms with Crippen molar-refractivity contribution in [1.82, 2.24) is 0 Å². The number of phenolic OH excluding ortho intramolecular Hbond substituents is 1. The van der Waals surface area contributed by atoms with E-state index in [1.54, 1.807) is 19.1 Å². The summed E-state index contributed by atoms with van der Waals surface area (Å²) in [7, 11) is 0. The fraction of sp³-hybridized carbons (Fsp3) is 0.300. The molecule has 1 aliphatic rings. The maximum Gasteiger partial charge on any atom is 0.338 e. The van der Waals surface area contributed by atoms with Crippen molar-refractivity contribution in [3.8, 4) is 5.75 Å². The molecule has 0 aliphatic carbocycles.